The van der Waals surface area contributed by atoms with Crippen LogP contribution in [-0.4, -0.2) is 66.0 Å². The molecule has 35 heavy (non-hydrogen) atoms. The third-order valence-corrected chi connectivity index (χ3v) is 6.84. The summed E-state index contributed by atoms with van der Waals surface area (Å²) in [7, 11) is 1.59. The monoisotopic (exact) mass is 472 g/mol. The van der Waals surface area contributed by atoms with Crippen molar-refractivity contribution in [3.05, 3.63) is 95.6 Å². The first-order valence-electron chi connectivity index (χ1n) is 11.7. The van der Waals surface area contributed by atoms with Gasteiger partial charge in [-0.2, -0.15) is 0 Å². The lowest BCUT2D eigenvalue weighted by Gasteiger charge is -2.26. The minimum absolute atomic E-state index is 0.0438. The number of ether oxygens (including phenoxy) is 2. The van der Waals surface area contributed by atoms with Crippen molar-refractivity contribution in [1.82, 2.24) is 9.80 Å². The van der Waals surface area contributed by atoms with Gasteiger partial charge in [0.15, 0.2) is 0 Å². The molecule has 180 valence electrons. The molecule has 1 heterocycles. The summed E-state index contributed by atoms with van der Waals surface area (Å²) >= 11 is 0. The lowest BCUT2D eigenvalue weighted by atomic mass is 9.98. The second-order valence-electron chi connectivity index (χ2n) is 8.99. The molecule has 0 radical (unpaired) electrons. The van der Waals surface area contributed by atoms with Gasteiger partial charge < -0.3 is 24.4 Å². The lowest BCUT2D eigenvalue weighted by Crippen LogP contribution is -2.45. The number of benzene rings is 3. The van der Waals surface area contributed by atoms with Crippen LogP contribution in [0.2, 0.25) is 0 Å². The molecule has 2 amide bonds. The zero-order valence-corrected chi connectivity index (χ0v) is 19.5. The SMILES string of the molecule is CN(C(=O)OCC1c2ccccc2-c2ccccc21)[C@@H]1CN(C(=O)OCc2ccccc2)C[C@H]1O. The van der Waals surface area contributed by atoms with E-state index in [0.29, 0.717) is 0 Å². The van der Waals surface area contributed by atoms with Crippen LogP contribution in [0.5, 0.6) is 0 Å². The molecule has 7 nitrogen and oxygen atoms in total. The van der Waals surface area contributed by atoms with Crippen molar-refractivity contribution < 1.29 is 24.2 Å². The minimum Gasteiger partial charge on any atom is -0.448 e. The molecular formula is C28H28N2O5. The molecule has 1 fully saturated rings. The van der Waals surface area contributed by atoms with Gasteiger partial charge in [-0.3, -0.25) is 0 Å². The summed E-state index contributed by atoms with van der Waals surface area (Å²) in [4.78, 5) is 28.2. The van der Waals surface area contributed by atoms with Crippen LogP contribution >= 0.6 is 0 Å². The lowest BCUT2D eigenvalue weighted by molar-refractivity contribution is 0.0642. The second-order valence-corrected chi connectivity index (χ2v) is 8.99. The molecule has 7 heteroatoms. The van der Waals surface area contributed by atoms with Gasteiger partial charge in [-0.15, -0.1) is 0 Å². The molecule has 0 unspecified atom stereocenters. The van der Waals surface area contributed by atoms with Crippen LogP contribution in [0.3, 0.4) is 0 Å². The van der Waals surface area contributed by atoms with Gasteiger partial charge in [0.2, 0.25) is 0 Å². The predicted molar refractivity (Wildman–Crippen MR) is 131 cm³/mol. The van der Waals surface area contributed by atoms with Crippen LogP contribution in [0.1, 0.15) is 22.6 Å². The van der Waals surface area contributed by atoms with E-state index in [1.807, 2.05) is 54.6 Å². The van der Waals surface area contributed by atoms with Crippen LogP contribution in [-0.2, 0) is 16.1 Å². The Labute approximate surface area is 204 Å². The van der Waals surface area contributed by atoms with Gasteiger partial charge in [0.25, 0.3) is 0 Å². The number of hydrogen-bond acceptors (Lipinski definition) is 5. The first-order chi connectivity index (χ1) is 17.0. The Bertz CT molecular complexity index is 1170. The number of carbonyl (C=O) groups excluding carboxylic acids is 2. The highest BCUT2D eigenvalue weighted by atomic mass is 16.6. The van der Waals surface area contributed by atoms with E-state index < -0.39 is 24.3 Å². The maximum absolute atomic E-state index is 12.9. The number of aliphatic hydroxyl groups excluding tert-OH is 1. The first-order valence-corrected chi connectivity index (χ1v) is 11.7. The van der Waals surface area contributed by atoms with Crippen molar-refractivity contribution in [2.75, 3.05) is 26.7 Å². The van der Waals surface area contributed by atoms with Gasteiger partial charge in [0.1, 0.15) is 13.2 Å². The first kappa shape index (κ1) is 22.9. The standard InChI is InChI=1S/C28H28N2O5/c1-29(25-15-30(16-26(25)31)28(33)34-17-19-9-3-2-4-10-19)27(32)35-18-24-22-13-7-5-11-20(22)21-12-6-8-14-23(21)24/h2-14,24-26,31H,15-18H2,1H3/t25-,26-/m1/s1. The zero-order chi connectivity index (χ0) is 24.4. The van der Waals surface area contributed by atoms with Gasteiger partial charge >= 0.3 is 12.2 Å². The van der Waals surface area contributed by atoms with Crippen molar-refractivity contribution in [2.45, 2.75) is 24.7 Å². The van der Waals surface area contributed by atoms with Gasteiger partial charge in [-0.25, -0.2) is 9.59 Å². The molecule has 1 aliphatic carbocycles. The topological polar surface area (TPSA) is 79.3 Å². The number of carbonyl (C=O) groups is 2. The fourth-order valence-corrected chi connectivity index (χ4v) is 4.94. The van der Waals surface area contributed by atoms with Gasteiger partial charge in [0, 0.05) is 19.5 Å². The molecule has 2 aliphatic rings. The molecule has 1 saturated heterocycles. The quantitative estimate of drug-likeness (QED) is 0.601. The minimum atomic E-state index is -0.884. The van der Waals surface area contributed by atoms with Crippen molar-refractivity contribution >= 4 is 12.2 Å². The Morgan fingerprint density at radius 2 is 1.49 bits per heavy atom. The molecule has 5 rings (SSSR count). The molecule has 1 aliphatic heterocycles. The van der Waals surface area contributed by atoms with E-state index in [4.69, 9.17) is 9.47 Å². The third-order valence-electron chi connectivity index (χ3n) is 6.84. The fraction of sp³-hybridized carbons (Fsp3) is 0.286. The largest absolute Gasteiger partial charge is 0.448 e. The summed E-state index contributed by atoms with van der Waals surface area (Å²) in [5, 5.41) is 10.6. The number of fused-ring (bicyclic) bond motifs is 3. The number of hydrogen-bond donors (Lipinski definition) is 1. The summed E-state index contributed by atoms with van der Waals surface area (Å²) < 4.78 is 11.1. The van der Waals surface area contributed by atoms with Crippen molar-refractivity contribution in [1.29, 1.82) is 0 Å². The maximum atomic E-state index is 12.9. The molecule has 2 atom stereocenters. The van der Waals surface area contributed by atoms with Crippen LogP contribution in [0.25, 0.3) is 11.1 Å². The summed E-state index contributed by atoms with van der Waals surface area (Å²) in [5.41, 5.74) is 5.48. The maximum Gasteiger partial charge on any atom is 0.410 e. The van der Waals surface area contributed by atoms with Crippen LogP contribution in [0, 0.1) is 0 Å². The van der Waals surface area contributed by atoms with E-state index >= 15 is 0 Å². The van der Waals surface area contributed by atoms with E-state index in [2.05, 4.69) is 24.3 Å². The van der Waals surface area contributed by atoms with E-state index in [-0.39, 0.29) is 32.2 Å². The van der Waals surface area contributed by atoms with Gasteiger partial charge in [-0.1, -0.05) is 78.9 Å². The Morgan fingerprint density at radius 3 is 2.14 bits per heavy atom. The Balaban J connectivity index is 1.18. The summed E-state index contributed by atoms with van der Waals surface area (Å²) in [6, 6.07) is 25.1. The van der Waals surface area contributed by atoms with Gasteiger partial charge in [0.05, 0.1) is 18.7 Å². The van der Waals surface area contributed by atoms with E-state index in [1.54, 1.807) is 7.05 Å². The molecular weight excluding hydrogens is 444 g/mol. The average molecular weight is 473 g/mol. The number of nitrogens with zero attached hydrogens (tertiary/aromatic N) is 2. The Kier molecular flexibility index (Phi) is 6.42. The highest BCUT2D eigenvalue weighted by Gasteiger charge is 2.40. The fourth-order valence-electron chi connectivity index (χ4n) is 4.94. The highest BCUT2D eigenvalue weighted by molar-refractivity contribution is 5.79. The third kappa shape index (κ3) is 4.59. The number of β-amino-alcohol motifs (C(OH)–C–C–N with tert-alkyl or cyclic N) is 1. The molecule has 0 aromatic heterocycles. The smallest absolute Gasteiger partial charge is 0.410 e. The predicted octanol–water partition coefficient (Wildman–Crippen LogP) is 4.25. The number of amides is 2. The summed E-state index contributed by atoms with van der Waals surface area (Å²) in [6.07, 6.45) is -1.93. The number of aliphatic hydroxyl groups is 1. The number of rotatable bonds is 5. The Morgan fingerprint density at radius 1 is 0.886 bits per heavy atom. The number of likely N-dealkylation sites (N-methyl/N-ethyl adjacent to an activating group) is 1. The summed E-state index contributed by atoms with van der Waals surface area (Å²) in [5.74, 6) is -0.0438. The zero-order valence-electron chi connectivity index (χ0n) is 19.5. The normalized spacial score (nSPS) is 18.6. The second kappa shape index (κ2) is 9.80. The number of likely N-dealkylation sites (tertiary alicyclic amines) is 1. The molecule has 3 aromatic rings. The van der Waals surface area contributed by atoms with E-state index in [0.717, 1.165) is 27.8 Å². The van der Waals surface area contributed by atoms with Crippen LogP contribution < -0.4 is 0 Å². The molecule has 1 N–H and O–H groups in total. The van der Waals surface area contributed by atoms with Crippen LogP contribution in [0.15, 0.2) is 78.9 Å². The molecule has 3 aromatic carbocycles. The average Bonchev–Trinajstić information content (AvgIpc) is 3.44. The molecule has 0 bridgehead atoms. The van der Waals surface area contributed by atoms with E-state index in [9.17, 15) is 14.7 Å². The summed E-state index contributed by atoms with van der Waals surface area (Å²) in [6.45, 7) is 0.622. The van der Waals surface area contributed by atoms with Crippen molar-refractivity contribution in [2.24, 2.45) is 0 Å². The Hall–Kier alpha value is -3.84. The van der Waals surface area contributed by atoms with Crippen molar-refractivity contribution in [3.8, 4) is 11.1 Å². The van der Waals surface area contributed by atoms with E-state index in [1.165, 1.54) is 9.80 Å². The van der Waals surface area contributed by atoms with Crippen LogP contribution in [0.4, 0.5) is 9.59 Å². The molecule has 0 saturated carbocycles. The highest BCUT2D eigenvalue weighted by Crippen LogP contribution is 2.44. The molecule has 0 spiro atoms. The van der Waals surface area contributed by atoms with Gasteiger partial charge in [-0.05, 0) is 27.8 Å². The van der Waals surface area contributed by atoms with Crippen molar-refractivity contribution in [3.63, 3.8) is 0 Å².